The van der Waals surface area contributed by atoms with E-state index in [-0.39, 0.29) is 107 Å². The Labute approximate surface area is 195 Å². The van der Waals surface area contributed by atoms with Gasteiger partial charge in [0.15, 0.2) is 5.78 Å². The molecule has 0 aliphatic rings. The number of rotatable bonds is 3. The van der Waals surface area contributed by atoms with Crippen molar-refractivity contribution in [3.05, 3.63) is 38.2 Å². The van der Waals surface area contributed by atoms with Crippen LogP contribution in [-0.4, -0.2) is 23.3 Å². The Balaban J connectivity index is -0.0000000208. The Kier molecular flexibility index (Phi) is 95.4. The maximum Gasteiger partial charge on any atom is 1.00 e. The van der Waals surface area contributed by atoms with E-state index in [1.54, 1.807) is 0 Å². The smallest absolute Gasteiger partial charge is 0.876 e. The minimum atomic E-state index is -0.187. The first-order valence-corrected chi connectivity index (χ1v) is 5.72. The Morgan fingerprint density at radius 1 is 0.923 bits per heavy atom. The van der Waals surface area contributed by atoms with Crippen LogP contribution in [0.1, 0.15) is 48.5 Å². The molecule has 0 saturated carbocycles. The number of ketones is 3. The third-order valence-electron chi connectivity index (χ3n) is 0.904. The molecule has 136 valence electrons. The fourth-order valence-corrected chi connectivity index (χ4v) is 0.637. The zero-order valence-corrected chi connectivity index (χ0v) is 17.1. The first kappa shape index (κ1) is 56.2. The maximum atomic E-state index is 10.0. The number of hydrogen-bond acceptors (Lipinski definition) is 6. The van der Waals surface area contributed by atoms with Crippen molar-refractivity contribution >= 4 is 23.3 Å². The second-order valence-corrected chi connectivity index (χ2v) is 3.79. The molecule has 9 heteroatoms. The second-order valence-electron chi connectivity index (χ2n) is 3.79. The van der Waals surface area contributed by atoms with Crippen LogP contribution in [0.4, 0.5) is 0 Å². The summed E-state index contributed by atoms with van der Waals surface area (Å²) in [6, 6.07) is 0. The molecule has 0 unspecified atom stereocenters. The summed E-state index contributed by atoms with van der Waals surface area (Å²) >= 11 is 0. The first-order valence-electron chi connectivity index (χ1n) is 5.72. The number of Topliss-reactive ketones (excluding diaryl/α,β-unsaturated/α-hetero) is 2. The Morgan fingerprint density at radius 2 is 1.12 bits per heavy atom. The molecule has 0 rings (SSSR count). The fraction of sp³-hybridized carbons (Fsp3) is 0.412. The van der Waals surface area contributed by atoms with Gasteiger partial charge in [0, 0.05) is 0 Å². The van der Waals surface area contributed by atoms with Gasteiger partial charge in [0.1, 0.15) is 17.5 Å². The number of carbonyl (C=O) groups excluding carboxylic acids is 4. The molecule has 0 fully saturated rings. The van der Waals surface area contributed by atoms with Crippen molar-refractivity contribution in [3.8, 4) is 0 Å². The molecular weight excluding hydrogens is 321 g/mol. The van der Waals surface area contributed by atoms with Crippen LogP contribution in [-0.2, 0) is 19.2 Å². The van der Waals surface area contributed by atoms with E-state index in [0.717, 1.165) is 6.08 Å². The summed E-state index contributed by atoms with van der Waals surface area (Å²) < 4.78 is 0. The minimum Gasteiger partial charge on any atom is -0.876 e. The van der Waals surface area contributed by atoms with Crippen molar-refractivity contribution in [2.75, 3.05) is 0 Å². The molecule has 0 aromatic carbocycles. The largest absolute Gasteiger partial charge is 1.00 e. The predicted octanol–water partition coefficient (Wildman–Crippen LogP) is -7.62. The third-order valence-corrected chi connectivity index (χ3v) is 0.904. The van der Waals surface area contributed by atoms with Gasteiger partial charge in [0.05, 0.1) is 6.42 Å². The fourth-order valence-electron chi connectivity index (χ4n) is 0.637. The van der Waals surface area contributed by atoms with Gasteiger partial charge in [0.2, 0.25) is 0 Å². The molecule has 0 amide bonds. The molecule has 6 nitrogen and oxygen atoms in total. The van der Waals surface area contributed by atoms with Crippen LogP contribution in [0.2, 0.25) is 0 Å². The molecule has 0 aromatic heterocycles. The monoisotopic (exact) mass is 350 g/mol. The molecule has 0 spiro atoms. The second kappa shape index (κ2) is 44.1. The number of hydrogen-bond donors (Lipinski definition) is 0. The van der Waals surface area contributed by atoms with Crippen molar-refractivity contribution in [3.63, 3.8) is 0 Å². The van der Waals surface area contributed by atoms with Gasteiger partial charge >= 0.3 is 56.6 Å². The van der Waals surface area contributed by atoms with Crippen LogP contribution >= 0.6 is 0 Å². The van der Waals surface area contributed by atoms with Crippen molar-refractivity contribution < 1.29 is 86.0 Å². The summed E-state index contributed by atoms with van der Waals surface area (Å²) in [4.78, 5) is 38.6. The SMILES string of the molecule is C.C=C(C)[O-].C=C=O.CC(=O)/C=C(/C)[O-].CC(=O)CC(C)=O.[CH3-].[Li+].[Li+].[Li+]. The van der Waals surface area contributed by atoms with E-state index >= 15 is 0 Å². The van der Waals surface area contributed by atoms with Gasteiger partial charge < -0.3 is 17.6 Å². The van der Waals surface area contributed by atoms with Crippen molar-refractivity contribution in [2.45, 2.75) is 48.5 Å². The standard InChI is InChI=1S/2C5H8O2.C3H6O.C2H2O.CH4.CH3.3Li/c2*1-4(6)3-5(2)7;1-3(2)4;1-2-3;;;;;/h3H2,1-2H3;3,6H,1-2H3;4H,1H2,2H3;1H2;1H4;1H3;;;/q;;;;;-1;3*+1/p-2/b;4-3-;;;;;;;. The Morgan fingerprint density at radius 3 is 1.12 bits per heavy atom. The van der Waals surface area contributed by atoms with Crippen LogP contribution < -0.4 is 66.8 Å². The van der Waals surface area contributed by atoms with Crippen molar-refractivity contribution in [1.29, 1.82) is 0 Å². The summed E-state index contributed by atoms with van der Waals surface area (Å²) in [5.41, 5.74) is 0. The van der Waals surface area contributed by atoms with E-state index < -0.39 is 0 Å². The van der Waals surface area contributed by atoms with Gasteiger partial charge in [-0.25, -0.2) is 4.79 Å². The van der Waals surface area contributed by atoms with Gasteiger partial charge in [0.25, 0.3) is 0 Å². The van der Waals surface area contributed by atoms with Gasteiger partial charge in [-0.05, 0) is 33.4 Å². The topological polar surface area (TPSA) is 114 Å². The minimum absolute atomic E-state index is 0. The van der Waals surface area contributed by atoms with Gasteiger partial charge in [-0.1, -0.05) is 21.3 Å². The van der Waals surface area contributed by atoms with Gasteiger partial charge in [-0.15, -0.1) is 18.1 Å². The van der Waals surface area contributed by atoms with E-state index in [2.05, 4.69) is 13.2 Å². The third kappa shape index (κ3) is 216. The van der Waals surface area contributed by atoms with Crippen molar-refractivity contribution in [2.24, 2.45) is 0 Å². The zero-order chi connectivity index (χ0) is 18.0. The summed E-state index contributed by atoms with van der Waals surface area (Å²) in [7, 11) is 0. The maximum absolute atomic E-state index is 10.0. The molecular formula is C17H29Li3O6. The quantitative estimate of drug-likeness (QED) is 0.125. The van der Waals surface area contributed by atoms with Crippen LogP contribution in [0, 0.1) is 7.43 Å². The Hall–Kier alpha value is -0.668. The molecule has 0 bridgehead atoms. The van der Waals surface area contributed by atoms with Crippen molar-refractivity contribution in [1.82, 2.24) is 0 Å². The average molecular weight is 350 g/mol. The molecule has 0 aliphatic carbocycles. The first-order chi connectivity index (χ1) is 9.40. The van der Waals surface area contributed by atoms with Crippen LogP contribution in [0.15, 0.2) is 30.8 Å². The molecule has 0 aliphatic heterocycles. The summed E-state index contributed by atoms with van der Waals surface area (Å²) in [6.45, 7) is 12.6. The van der Waals surface area contributed by atoms with Gasteiger partial charge in [-0.3, -0.25) is 14.4 Å². The van der Waals surface area contributed by atoms with Gasteiger partial charge in [-0.2, -0.15) is 0 Å². The van der Waals surface area contributed by atoms with E-state index in [1.807, 2.05) is 0 Å². The molecule has 26 heavy (non-hydrogen) atoms. The zero-order valence-electron chi connectivity index (χ0n) is 17.1. The van der Waals surface area contributed by atoms with E-state index in [0.29, 0.717) is 0 Å². The average Bonchev–Trinajstić information content (AvgIpc) is 2.12. The molecule has 0 N–H and O–H groups in total. The van der Waals surface area contributed by atoms with Crippen LogP contribution in [0.25, 0.3) is 0 Å². The van der Waals surface area contributed by atoms with E-state index in [4.69, 9.17) is 4.79 Å². The molecule has 0 radical (unpaired) electrons. The Bertz CT molecular complexity index is 393. The number of carbonyl (C=O) groups is 3. The van der Waals surface area contributed by atoms with E-state index in [1.165, 1.54) is 40.6 Å². The van der Waals surface area contributed by atoms with Crippen LogP contribution in [0.3, 0.4) is 0 Å². The number of allylic oxidation sites excluding steroid dienone is 3. The molecule has 0 saturated heterocycles. The molecule has 0 aromatic rings. The summed E-state index contributed by atoms with van der Waals surface area (Å²) in [5.74, 6) is 0.667. The van der Waals surface area contributed by atoms with Crippen LogP contribution in [0.5, 0.6) is 0 Å². The summed E-state index contributed by atoms with van der Waals surface area (Å²) in [6.07, 6.45) is 1.14. The predicted molar refractivity (Wildman–Crippen MR) is 89.7 cm³/mol. The van der Waals surface area contributed by atoms with E-state index in [9.17, 15) is 24.6 Å². The normalized spacial score (nSPS) is 6.58. The molecule has 0 heterocycles. The molecule has 0 atom stereocenters. The summed E-state index contributed by atoms with van der Waals surface area (Å²) in [5, 5.41) is 19.3.